The quantitative estimate of drug-likeness (QED) is 0.542. The summed E-state index contributed by atoms with van der Waals surface area (Å²) < 4.78 is 0. The minimum Gasteiger partial charge on any atom is -0.388 e. The van der Waals surface area contributed by atoms with Crippen LogP contribution in [0.25, 0.3) is 0 Å². The van der Waals surface area contributed by atoms with Crippen molar-refractivity contribution in [3.8, 4) is 0 Å². The highest BCUT2D eigenvalue weighted by Gasteiger charge is 2.07. The summed E-state index contributed by atoms with van der Waals surface area (Å²) in [7, 11) is 0. The molecule has 0 aromatic heterocycles. The fourth-order valence-electron chi connectivity index (χ4n) is 1.02. The molecule has 1 heterocycles. The van der Waals surface area contributed by atoms with Crippen molar-refractivity contribution in [3.05, 3.63) is 11.8 Å². The van der Waals surface area contributed by atoms with Crippen molar-refractivity contribution < 1.29 is 0 Å². The summed E-state index contributed by atoms with van der Waals surface area (Å²) in [6.45, 7) is 4.41. The normalized spacial score (nSPS) is 27.2. The highest BCUT2D eigenvalue weighted by atomic mass is 14.9. The van der Waals surface area contributed by atoms with Gasteiger partial charge in [0.1, 0.15) is 0 Å². The van der Waals surface area contributed by atoms with E-state index in [2.05, 4.69) is 25.4 Å². The minimum absolute atomic E-state index is 0.685. The Balaban J connectivity index is 2.37. The Kier molecular flexibility index (Phi) is 1.56. The molecule has 1 aliphatic rings. The fraction of sp³-hybridized carbons (Fsp3) is 0.714. The van der Waals surface area contributed by atoms with Crippen LogP contribution < -0.4 is 5.32 Å². The van der Waals surface area contributed by atoms with Gasteiger partial charge in [-0.05, 0) is 26.0 Å². The number of rotatable bonds is 1. The molecule has 1 aliphatic heterocycles. The molecule has 0 aromatic carbocycles. The zero-order valence-corrected chi connectivity index (χ0v) is 5.57. The van der Waals surface area contributed by atoms with Gasteiger partial charge >= 0.3 is 0 Å². The maximum absolute atomic E-state index is 3.26. The number of nitrogens with one attached hydrogen (secondary N) is 1. The summed E-state index contributed by atoms with van der Waals surface area (Å²) in [5.74, 6) is 0. The van der Waals surface area contributed by atoms with Crippen LogP contribution in [0.2, 0.25) is 0 Å². The Bertz CT molecular complexity index is 105. The standard InChI is InChI=1S/C7H13N/c1-3-7-4-6(2)8-5-7/h5-6,8H,3-4H2,1-2H3/t6-/m1/s1. The van der Waals surface area contributed by atoms with E-state index in [1.54, 1.807) is 5.57 Å². The van der Waals surface area contributed by atoms with Gasteiger partial charge in [0.15, 0.2) is 0 Å². The average Bonchev–Trinajstić information content (AvgIpc) is 2.14. The van der Waals surface area contributed by atoms with Crippen LogP contribution in [-0.2, 0) is 0 Å². The topological polar surface area (TPSA) is 12.0 Å². The Morgan fingerprint density at radius 2 is 2.62 bits per heavy atom. The zero-order valence-electron chi connectivity index (χ0n) is 5.57. The first-order chi connectivity index (χ1) is 3.83. The molecule has 8 heavy (non-hydrogen) atoms. The van der Waals surface area contributed by atoms with Crippen LogP contribution in [0.15, 0.2) is 11.8 Å². The highest BCUT2D eigenvalue weighted by Crippen LogP contribution is 2.13. The highest BCUT2D eigenvalue weighted by molar-refractivity contribution is 5.08. The minimum atomic E-state index is 0.685. The van der Waals surface area contributed by atoms with Crippen LogP contribution in [0.1, 0.15) is 26.7 Å². The molecule has 0 bridgehead atoms. The molecule has 1 nitrogen and oxygen atoms in total. The predicted octanol–water partition coefficient (Wildman–Crippen LogP) is 1.66. The van der Waals surface area contributed by atoms with Gasteiger partial charge in [0, 0.05) is 6.04 Å². The molecule has 1 heteroatoms. The van der Waals surface area contributed by atoms with Crippen LogP contribution in [0.3, 0.4) is 0 Å². The van der Waals surface area contributed by atoms with Gasteiger partial charge < -0.3 is 5.32 Å². The Hall–Kier alpha value is -0.460. The summed E-state index contributed by atoms with van der Waals surface area (Å²) in [5, 5.41) is 3.26. The van der Waals surface area contributed by atoms with Crippen molar-refractivity contribution in [3.63, 3.8) is 0 Å². The van der Waals surface area contributed by atoms with E-state index >= 15 is 0 Å². The first-order valence-electron chi connectivity index (χ1n) is 3.27. The molecule has 0 saturated heterocycles. The van der Waals surface area contributed by atoms with Gasteiger partial charge in [-0.1, -0.05) is 12.5 Å². The van der Waals surface area contributed by atoms with E-state index in [4.69, 9.17) is 0 Å². The van der Waals surface area contributed by atoms with Crippen molar-refractivity contribution >= 4 is 0 Å². The summed E-state index contributed by atoms with van der Waals surface area (Å²) in [5.41, 5.74) is 1.55. The first kappa shape index (κ1) is 5.67. The Morgan fingerprint density at radius 3 is 2.88 bits per heavy atom. The SMILES string of the molecule is CCC1=CN[C@H](C)C1. The van der Waals surface area contributed by atoms with Crippen molar-refractivity contribution in [1.82, 2.24) is 5.32 Å². The molecule has 1 N–H and O–H groups in total. The number of hydrogen-bond donors (Lipinski definition) is 1. The van der Waals surface area contributed by atoms with E-state index in [1.807, 2.05) is 0 Å². The van der Waals surface area contributed by atoms with Gasteiger partial charge in [0.2, 0.25) is 0 Å². The molecule has 46 valence electrons. The molecule has 0 amide bonds. The third kappa shape index (κ3) is 1.03. The molecule has 1 atom stereocenters. The molecule has 0 aromatic rings. The smallest absolute Gasteiger partial charge is 0.0265 e. The van der Waals surface area contributed by atoms with E-state index in [-0.39, 0.29) is 0 Å². The van der Waals surface area contributed by atoms with E-state index in [0.717, 1.165) is 0 Å². The predicted molar refractivity (Wildman–Crippen MR) is 35.6 cm³/mol. The second-order valence-corrected chi connectivity index (χ2v) is 2.43. The second-order valence-electron chi connectivity index (χ2n) is 2.43. The van der Waals surface area contributed by atoms with Gasteiger partial charge in [0.05, 0.1) is 0 Å². The van der Waals surface area contributed by atoms with Crippen molar-refractivity contribution in [2.45, 2.75) is 32.7 Å². The molecule has 0 fully saturated rings. The van der Waals surface area contributed by atoms with Gasteiger partial charge in [-0.25, -0.2) is 0 Å². The molecule has 0 radical (unpaired) electrons. The molecule has 1 rings (SSSR count). The van der Waals surface area contributed by atoms with Crippen LogP contribution in [-0.4, -0.2) is 6.04 Å². The number of hydrogen-bond acceptors (Lipinski definition) is 1. The molecule has 0 saturated carbocycles. The maximum atomic E-state index is 3.26. The van der Waals surface area contributed by atoms with E-state index in [1.165, 1.54) is 12.8 Å². The third-order valence-electron chi connectivity index (χ3n) is 1.59. The molecule has 0 spiro atoms. The van der Waals surface area contributed by atoms with Crippen molar-refractivity contribution in [2.75, 3.05) is 0 Å². The zero-order chi connectivity index (χ0) is 5.98. The molecule has 0 aliphatic carbocycles. The largest absolute Gasteiger partial charge is 0.388 e. The van der Waals surface area contributed by atoms with Gasteiger partial charge in [-0.2, -0.15) is 0 Å². The van der Waals surface area contributed by atoms with Gasteiger partial charge in [-0.15, -0.1) is 0 Å². The summed E-state index contributed by atoms with van der Waals surface area (Å²) in [4.78, 5) is 0. The summed E-state index contributed by atoms with van der Waals surface area (Å²) in [6, 6.07) is 0.685. The maximum Gasteiger partial charge on any atom is 0.0265 e. The lowest BCUT2D eigenvalue weighted by Crippen LogP contribution is -2.12. The second kappa shape index (κ2) is 2.21. The van der Waals surface area contributed by atoms with E-state index in [9.17, 15) is 0 Å². The third-order valence-corrected chi connectivity index (χ3v) is 1.59. The monoisotopic (exact) mass is 111 g/mol. The van der Waals surface area contributed by atoms with E-state index in [0.29, 0.717) is 6.04 Å². The molecular formula is C7H13N. The van der Waals surface area contributed by atoms with Gasteiger partial charge in [0.25, 0.3) is 0 Å². The van der Waals surface area contributed by atoms with Gasteiger partial charge in [-0.3, -0.25) is 0 Å². The average molecular weight is 111 g/mol. The van der Waals surface area contributed by atoms with Crippen molar-refractivity contribution in [1.29, 1.82) is 0 Å². The van der Waals surface area contributed by atoms with Crippen molar-refractivity contribution in [2.24, 2.45) is 0 Å². The lowest BCUT2D eigenvalue weighted by atomic mass is 10.1. The molecule has 0 unspecified atom stereocenters. The Labute approximate surface area is 50.8 Å². The fourth-order valence-corrected chi connectivity index (χ4v) is 1.02. The lowest BCUT2D eigenvalue weighted by Gasteiger charge is -1.99. The van der Waals surface area contributed by atoms with Crippen LogP contribution in [0.4, 0.5) is 0 Å². The lowest BCUT2D eigenvalue weighted by molar-refractivity contribution is 0.678. The van der Waals surface area contributed by atoms with Crippen LogP contribution in [0.5, 0.6) is 0 Å². The van der Waals surface area contributed by atoms with Crippen LogP contribution in [0, 0.1) is 0 Å². The van der Waals surface area contributed by atoms with E-state index < -0.39 is 0 Å². The van der Waals surface area contributed by atoms with Crippen LogP contribution >= 0.6 is 0 Å². The summed E-state index contributed by atoms with van der Waals surface area (Å²) >= 11 is 0. The molecular weight excluding hydrogens is 98.1 g/mol. The summed E-state index contributed by atoms with van der Waals surface area (Å²) in [6.07, 6.45) is 4.60. The first-order valence-corrected chi connectivity index (χ1v) is 3.27. The Morgan fingerprint density at radius 1 is 1.88 bits per heavy atom.